The molecular weight excluding hydrogens is 300 g/mol. The van der Waals surface area contributed by atoms with Crippen LogP contribution in [0.4, 0.5) is 0 Å². The van der Waals surface area contributed by atoms with Gasteiger partial charge >= 0.3 is 11.9 Å². The molecule has 0 saturated carbocycles. The Hall–Kier alpha value is -2.41. The smallest absolute Gasteiger partial charge is 0.319 e. The number of carbonyl (C=O) groups is 3. The molecule has 1 aliphatic heterocycles. The Kier molecular flexibility index (Phi) is 6.10. The number of benzene rings is 1. The van der Waals surface area contributed by atoms with E-state index in [0.29, 0.717) is 0 Å². The molecule has 2 atom stereocenters. The van der Waals surface area contributed by atoms with Gasteiger partial charge in [0.1, 0.15) is 6.61 Å². The SMILES string of the molecule is COC(=O)CN[C@H]1CC(=O)N[C@@H]1CC(=O)OCc1ccccc1. The molecule has 23 heavy (non-hydrogen) atoms. The number of methoxy groups -OCH3 is 1. The van der Waals surface area contributed by atoms with Crippen LogP contribution in [0.2, 0.25) is 0 Å². The van der Waals surface area contributed by atoms with Gasteiger partial charge in [-0.2, -0.15) is 0 Å². The summed E-state index contributed by atoms with van der Waals surface area (Å²) in [5.74, 6) is -0.978. The van der Waals surface area contributed by atoms with Gasteiger partial charge in [0.2, 0.25) is 5.91 Å². The highest BCUT2D eigenvalue weighted by atomic mass is 16.5. The van der Waals surface area contributed by atoms with Crippen LogP contribution in [0.1, 0.15) is 18.4 Å². The first-order valence-corrected chi connectivity index (χ1v) is 7.37. The van der Waals surface area contributed by atoms with E-state index in [2.05, 4.69) is 15.4 Å². The molecule has 7 nitrogen and oxygen atoms in total. The summed E-state index contributed by atoms with van der Waals surface area (Å²) < 4.78 is 9.75. The predicted octanol–water partition coefficient (Wildman–Crippen LogP) is 0.140. The fourth-order valence-electron chi connectivity index (χ4n) is 2.38. The topological polar surface area (TPSA) is 93.7 Å². The zero-order valence-electron chi connectivity index (χ0n) is 12.9. The van der Waals surface area contributed by atoms with Crippen LogP contribution >= 0.6 is 0 Å². The second kappa shape index (κ2) is 8.28. The summed E-state index contributed by atoms with van der Waals surface area (Å²) in [6, 6.07) is 8.66. The van der Waals surface area contributed by atoms with Crippen molar-refractivity contribution in [3.8, 4) is 0 Å². The zero-order chi connectivity index (χ0) is 16.7. The fraction of sp³-hybridized carbons (Fsp3) is 0.438. The van der Waals surface area contributed by atoms with Gasteiger partial charge in [-0.3, -0.25) is 14.4 Å². The van der Waals surface area contributed by atoms with E-state index < -0.39 is 18.0 Å². The van der Waals surface area contributed by atoms with Crippen LogP contribution < -0.4 is 10.6 Å². The summed E-state index contributed by atoms with van der Waals surface area (Å²) in [4.78, 5) is 34.6. The van der Waals surface area contributed by atoms with Crippen molar-refractivity contribution in [2.24, 2.45) is 0 Å². The van der Waals surface area contributed by atoms with Crippen molar-refractivity contribution >= 4 is 17.8 Å². The molecule has 1 amide bonds. The predicted molar refractivity (Wildman–Crippen MR) is 81.2 cm³/mol. The summed E-state index contributed by atoms with van der Waals surface area (Å²) in [7, 11) is 1.29. The quantitative estimate of drug-likeness (QED) is 0.694. The van der Waals surface area contributed by atoms with Crippen molar-refractivity contribution < 1.29 is 23.9 Å². The molecule has 1 aromatic rings. The van der Waals surface area contributed by atoms with Gasteiger partial charge < -0.3 is 20.1 Å². The van der Waals surface area contributed by atoms with Crippen molar-refractivity contribution in [1.29, 1.82) is 0 Å². The average molecular weight is 320 g/mol. The molecule has 0 radical (unpaired) electrons. The molecule has 0 spiro atoms. The molecule has 0 aliphatic carbocycles. The number of amides is 1. The van der Waals surface area contributed by atoms with E-state index in [1.807, 2.05) is 30.3 Å². The zero-order valence-corrected chi connectivity index (χ0v) is 12.9. The first kappa shape index (κ1) is 17.0. The lowest BCUT2D eigenvalue weighted by Gasteiger charge is -2.19. The Morgan fingerprint density at radius 1 is 1.26 bits per heavy atom. The molecule has 0 aromatic heterocycles. The monoisotopic (exact) mass is 320 g/mol. The summed E-state index contributed by atoms with van der Waals surface area (Å²) >= 11 is 0. The lowest BCUT2D eigenvalue weighted by molar-refractivity contribution is -0.145. The standard InChI is InChI=1S/C16H20N2O5/c1-22-16(21)9-17-12-7-14(19)18-13(12)8-15(20)23-10-11-5-3-2-4-6-11/h2-6,12-13,17H,7-10H2,1H3,(H,18,19)/t12-,13+/m0/s1. The molecule has 2 rings (SSSR count). The number of rotatable bonds is 7. The molecular formula is C16H20N2O5. The Balaban J connectivity index is 1.80. The van der Waals surface area contributed by atoms with E-state index in [-0.39, 0.29) is 37.9 Å². The highest BCUT2D eigenvalue weighted by Gasteiger charge is 2.34. The summed E-state index contributed by atoms with van der Waals surface area (Å²) in [6.45, 7) is 0.187. The van der Waals surface area contributed by atoms with Crippen LogP contribution in [0.3, 0.4) is 0 Å². The van der Waals surface area contributed by atoms with Gasteiger partial charge in [-0.25, -0.2) is 0 Å². The largest absolute Gasteiger partial charge is 0.468 e. The number of hydrogen-bond donors (Lipinski definition) is 2. The third-order valence-corrected chi connectivity index (χ3v) is 3.60. The molecule has 1 saturated heterocycles. The molecule has 7 heteroatoms. The highest BCUT2D eigenvalue weighted by molar-refractivity contribution is 5.82. The molecule has 124 valence electrons. The molecule has 1 aliphatic rings. The maximum Gasteiger partial charge on any atom is 0.319 e. The maximum absolute atomic E-state index is 11.9. The molecule has 0 unspecified atom stereocenters. The highest BCUT2D eigenvalue weighted by Crippen LogP contribution is 2.13. The number of ether oxygens (including phenoxy) is 2. The van der Waals surface area contributed by atoms with Crippen molar-refractivity contribution in [3.05, 3.63) is 35.9 Å². The maximum atomic E-state index is 11.9. The molecule has 2 N–H and O–H groups in total. The van der Waals surface area contributed by atoms with E-state index in [1.54, 1.807) is 0 Å². The Morgan fingerprint density at radius 2 is 2.00 bits per heavy atom. The molecule has 0 bridgehead atoms. The number of carbonyl (C=O) groups excluding carboxylic acids is 3. The van der Waals surface area contributed by atoms with Gasteiger partial charge in [-0.05, 0) is 5.56 Å². The average Bonchev–Trinajstić information content (AvgIpc) is 2.91. The van der Waals surface area contributed by atoms with Crippen molar-refractivity contribution in [1.82, 2.24) is 10.6 Å². The van der Waals surface area contributed by atoms with Crippen LogP contribution in [0.15, 0.2) is 30.3 Å². The van der Waals surface area contributed by atoms with Crippen LogP contribution in [0, 0.1) is 0 Å². The van der Waals surface area contributed by atoms with Crippen LogP contribution in [0.25, 0.3) is 0 Å². The first-order chi connectivity index (χ1) is 11.1. The number of esters is 2. The number of nitrogens with one attached hydrogen (secondary N) is 2. The normalized spacial score (nSPS) is 20.0. The van der Waals surface area contributed by atoms with E-state index >= 15 is 0 Å². The van der Waals surface area contributed by atoms with E-state index in [9.17, 15) is 14.4 Å². The van der Waals surface area contributed by atoms with E-state index in [1.165, 1.54) is 7.11 Å². The third kappa shape index (κ3) is 5.37. The van der Waals surface area contributed by atoms with E-state index in [4.69, 9.17) is 4.74 Å². The molecule has 1 aromatic carbocycles. The second-order valence-corrected chi connectivity index (χ2v) is 5.29. The van der Waals surface area contributed by atoms with Gasteiger partial charge in [0.15, 0.2) is 0 Å². The summed E-state index contributed by atoms with van der Waals surface area (Å²) in [6.07, 6.45) is 0.269. The fourth-order valence-corrected chi connectivity index (χ4v) is 2.38. The summed E-state index contributed by atoms with van der Waals surface area (Å²) in [5, 5.41) is 5.65. The van der Waals surface area contributed by atoms with Gasteiger partial charge in [-0.15, -0.1) is 0 Å². The Bertz CT molecular complexity index is 561. The van der Waals surface area contributed by atoms with Gasteiger partial charge in [0.25, 0.3) is 0 Å². The van der Waals surface area contributed by atoms with Crippen molar-refractivity contribution in [3.63, 3.8) is 0 Å². The Morgan fingerprint density at radius 3 is 2.70 bits per heavy atom. The minimum Gasteiger partial charge on any atom is -0.468 e. The van der Waals surface area contributed by atoms with Crippen LogP contribution in [0.5, 0.6) is 0 Å². The van der Waals surface area contributed by atoms with Gasteiger partial charge in [0.05, 0.1) is 26.1 Å². The van der Waals surface area contributed by atoms with Gasteiger partial charge in [-0.1, -0.05) is 30.3 Å². The molecule has 1 fully saturated rings. The first-order valence-electron chi connectivity index (χ1n) is 7.37. The lowest BCUT2D eigenvalue weighted by Crippen LogP contribution is -2.44. The Labute approximate surface area is 134 Å². The van der Waals surface area contributed by atoms with E-state index in [0.717, 1.165) is 5.56 Å². The minimum atomic E-state index is -0.422. The number of hydrogen-bond acceptors (Lipinski definition) is 6. The summed E-state index contributed by atoms with van der Waals surface area (Å²) in [5.41, 5.74) is 0.900. The lowest BCUT2D eigenvalue weighted by atomic mass is 10.1. The molecule has 1 heterocycles. The van der Waals surface area contributed by atoms with Crippen molar-refractivity contribution in [2.75, 3.05) is 13.7 Å². The minimum absolute atomic E-state index is 0.00824. The third-order valence-electron chi connectivity index (χ3n) is 3.60. The van der Waals surface area contributed by atoms with Crippen LogP contribution in [-0.2, 0) is 30.5 Å². The van der Waals surface area contributed by atoms with Gasteiger partial charge in [0, 0.05) is 12.5 Å². The van der Waals surface area contributed by atoms with Crippen molar-refractivity contribution in [2.45, 2.75) is 31.5 Å². The second-order valence-electron chi connectivity index (χ2n) is 5.29. The van der Waals surface area contributed by atoms with Crippen LogP contribution in [-0.4, -0.2) is 43.6 Å².